The number of hydrogen-bond acceptors (Lipinski definition) is 5. The standard InChI is InChI=1S/C13H15NO7/c1-21-7-2-3-8(10(15)6-7)12(18)14-9(13(19)20)4-5-11(16)17/h2-3,6,9,15H,4-5H2,1H3,(H,14,18)(H,16,17)(H,19,20)/t9-/m1/s1. The fraction of sp³-hybridized carbons (Fsp3) is 0.308. The van der Waals surface area contributed by atoms with Crippen LogP contribution < -0.4 is 10.1 Å². The number of phenolic OH excluding ortho intramolecular Hbond substituents is 1. The molecular formula is C13H15NO7. The van der Waals surface area contributed by atoms with Crippen molar-refractivity contribution in [3.63, 3.8) is 0 Å². The van der Waals surface area contributed by atoms with E-state index in [-0.39, 0.29) is 17.7 Å². The van der Waals surface area contributed by atoms with Gasteiger partial charge in [0.05, 0.1) is 12.7 Å². The van der Waals surface area contributed by atoms with Crippen molar-refractivity contribution in [2.24, 2.45) is 0 Å². The van der Waals surface area contributed by atoms with Crippen molar-refractivity contribution in [2.75, 3.05) is 7.11 Å². The second kappa shape index (κ2) is 7.13. The highest BCUT2D eigenvalue weighted by Gasteiger charge is 2.23. The lowest BCUT2D eigenvalue weighted by atomic mass is 10.1. The van der Waals surface area contributed by atoms with E-state index in [2.05, 4.69) is 5.32 Å². The summed E-state index contributed by atoms with van der Waals surface area (Å²) >= 11 is 0. The Morgan fingerprint density at radius 1 is 1.29 bits per heavy atom. The van der Waals surface area contributed by atoms with Crippen molar-refractivity contribution in [1.29, 1.82) is 0 Å². The summed E-state index contributed by atoms with van der Waals surface area (Å²) < 4.78 is 4.86. The van der Waals surface area contributed by atoms with Crippen molar-refractivity contribution >= 4 is 17.8 Å². The summed E-state index contributed by atoms with van der Waals surface area (Å²) in [6.45, 7) is 0. The van der Waals surface area contributed by atoms with Gasteiger partial charge in [0.15, 0.2) is 0 Å². The molecule has 0 saturated carbocycles. The average molecular weight is 297 g/mol. The number of carbonyl (C=O) groups is 3. The van der Waals surface area contributed by atoms with Crippen LogP contribution in [0.4, 0.5) is 0 Å². The van der Waals surface area contributed by atoms with E-state index in [1.165, 1.54) is 25.3 Å². The average Bonchev–Trinajstić information content (AvgIpc) is 2.42. The Bertz CT molecular complexity index is 555. The molecule has 0 bridgehead atoms. The molecule has 0 aliphatic heterocycles. The number of hydrogen-bond donors (Lipinski definition) is 4. The minimum Gasteiger partial charge on any atom is -0.507 e. The second-order valence-electron chi connectivity index (χ2n) is 4.18. The van der Waals surface area contributed by atoms with E-state index in [0.29, 0.717) is 5.75 Å². The minimum absolute atomic E-state index is 0.127. The first-order valence-corrected chi connectivity index (χ1v) is 5.97. The van der Waals surface area contributed by atoms with Gasteiger partial charge < -0.3 is 25.4 Å². The van der Waals surface area contributed by atoms with E-state index >= 15 is 0 Å². The smallest absolute Gasteiger partial charge is 0.326 e. The first kappa shape index (κ1) is 16.3. The molecular weight excluding hydrogens is 282 g/mol. The summed E-state index contributed by atoms with van der Waals surface area (Å²) in [5.74, 6) is -3.35. The topological polar surface area (TPSA) is 133 Å². The Kier molecular flexibility index (Phi) is 5.53. The van der Waals surface area contributed by atoms with Crippen molar-refractivity contribution < 1.29 is 34.4 Å². The highest BCUT2D eigenvalue weighted by atomic mass is 16.5. The number of carboxylic acid groups (broad SMARTS) is 2. The van der Waals surface area contributed by atoms with Crippen LogP contribution in [0.2, 0.25) is 0 Å². The normalized spacial score (nSPS) is 11.5. The number of aliphatic carboxylic acids is 2. The van der Waals surface area contributed by atoms with Crippen LogP contribution in [0.5, 0.6) is 11.5 Å². The number of amides is 1. The molecule has 1 aromatic rings. The van der Waals surface area contributed by atoms with E-state index in [4.69, 9.17) is 14.9 Å². The van der Waals surface area contributed by atoms with E-state index in [1.807, 2.05) is 0 Å². The van der Waals surface area contributed by atoms with Crippen LogP contribution in [0.15, 0.2) is 18.2 Å². The number of carbonyl (C=O) groups excluding carboxylic acids is 1. The number of phenols is 1. The van der Waals surface area contributed by atoms with Gasteiger partial charge in [0.25, 0.3) is 5.91 Å². The van der Waals surface area contributed by atoms with Gasteiger partial charge in [0.2, 0.25) is 0 Å². The molecule has 1 rings (SSSR count). The van der Waals surface area contributed by atoms with E-state index in [1.54, 1.807) is 0 Å². The van der Waals surface area contributed by atoms with Gasteiger partial charge in [-0.2, -0.15) is 0 Å². The molecule has 0 aromatic heterocycles. The summed E-state index contributed by atoms with van der Waals surface area (Å²) in [7, 11) is 1.39. The SMILES string of the molecule is COc1ccc(C(=O)N[C@H](CCC(=O)O)C(=O)O)c(O)c1. The number of nitrogens with one attached hydrogen (secondary N) is 1. The minimum atomic E-state index is -1.35. The Balaban J connectivity index is 2.82. The highest BCUT2D eigenvalue weighted by molar-refractivity contribution is 5.99. The number of benzene rings is 1. The fourth-order valence-corrected chi connectivity index (χ4v) is 1.59. The molecule has 0 unspecified atom stereocenters. The lowest BCUT2D eigenvalue weighted by molar-refractivity contribution is -0.140. The summed E-state index contributed by atoms with van der Waals surface area (Å²) in [6, 6.07) is 2.57. The molecule has 0 spiro atoms. The third kappa shape index (κ3) is 4.68. The van der Waals surface area contributed by atoms with Crippen molar-refractivity contribution in [1.82, 2.24) is 5.32 Å². The van der Waals surface area contributed by atoms with Crippen LogP contribution in [0.1, 0.15) is 23.2 Å². The predicted octanol–water partition coefficient (Wildman–Crippen LogP) is 0.449. The maximum Gasteiger partial charge on any atom is 0.326 e. The van der Waals surface area contributed by atoms with Crippen LogP contribution in [0.3, 0.4) is 0 Å². The Morgan fingerprint density at radius 2 is 1.95 bits per heavy atom. The largest absolute Gasteiger partial charge is 0.507 e. The van der Waals surface area contributed by atoms with Gasteiger partial charge in [-0.15, -0.1) is 0 Å². The van der Waals surface area contributed by atoms with Gasteiger partial charge in [-0.25, -0.2) is 4.79 Å². The molecule has 1 atom stereocenters. The van der Waals surface area contributed by atoms with E-state index in [9.17, 15) is 19.5 Å². The quantitative estimate of drug-likeness (QED) is 0.574. The molecule has 8 heteroatoms. The lowest BCUT2D eigenvalue weighted by Gasteiger charge is -2.14. The number of rotatable bonds is 7. The molecule has 8 nitrogen and oxygen atoms in total. The Labute approximate surface area is 120 Å². The molecule has 21 heavy (non-hydrogen) atoms. The van der Waals surface area contributed by atoms with Gasteiger partial charge in [-0.1, -0.05) is 0 Å². The Hall–Kier alpha value is -2.77. The van der Waals surface area contributed by atoms with Gasteiger partial charge in [0, 0.05) is 12.5 Å². The van der Waals surface area contributed by atoms with Crippen molar-refractivity contribution in [3.05, 3.63) is 23.8 Å². The molecule has 1 aromatic carbocycles. The first-order chi connectivity index (χ1) is 9.85. The zero-order valence-electron chi connectivity index (χ0n) is 11.2. The van der Waals surface area contributed by atoms with Gasteiger partial charge in [0.1, 0.15) is 17.5 Å². The van der Waals surface area contributed by atoms with Gasteiger partial charge >= 0.3 is 11.9 Å². The molecule has 0 heterocycles. The number of aromatic hydroxyl groups is 1. The van der Waals surface area contributed by atoms with Crippen molar-refractivity contribution in [2.45, 2.75) is 18.9 Å². The predicted molar refractivity (Wildman–Crippen MR) is 70.4 cm³/mol. The van der Waals surface area contributed by atoms with E-state index < -0.39 is 30.3 Å². The maximum atomic E-state index is 11.9. The molecule has 0 aliphatic carbocycles. The maximum absolute atomic E-state index is 11.9. The molecule has 1 amide bonds. The number of carboxylic acids is 2. The molecule has 0 saturated heterocycles. The summed E-state index contributed by atoms with van der Waals surface area (Å²) in [5.41, 5.74) is -0.127. The van der Waals surface area contributed by atoms with Crippen LogP contribution in [0, 0.1) is 0 Å². The number of methoxy groups -OCH3 is 1. The summed E-state index contributed by atoms with van der Waals surface area (Å²) in [6.07, 6.45) is -0.654. The molecule has 4 N–H and O–H groups in total. The molecule has 0 radical (unpaired) electrons. The monoisotopic (exact) mass is 297 g/mol. The lowest BCUT2D eigenvalue weighted by Crippen LogP contribution is -2.41. The molecule has 114 valence electrons. The first-order valence-electron chi connectivity index (χ1n) is 5.97. The third-order valence-electron chi connectivity index (χ3n) is 2.70. The zero-order chi connectivity index (χ0) is 16.0. The Morgan fingerprint density at radius 3 is 2.43 bits per heavy atom. The summed E-state index contributed by atoms with van der Waals surface area (Å²) in [4.78, 5) is 33.3. The van der Waals surface area contributed by atoms with Crippen LogP contribution in [-0.4, -0.2) is 46.3 Å². The van der Waals surface area contributed by atoms with E-state index in [0.717, 1.165) is 0 Å². The third-order valence-corrected chi connectivity index (χ3v) is 2.70. The zero-order valence-corrected chi connectivity index (χ0v) is 11.2. The van der Waals surface area contributed by atoms with Crippen LogP contribution in [-0.2, 0) is 9.59 Å². The van der Waals surface area contributed by atoms with Crippen molar-refractivity contribution in [3.8, 4) is 11.5 Å². The van der Waals surface area contributed by atoms with Gasteiger partial charge in [-0.3, -0.25) is 9.59 Å². The number of ether oxygens (including phenoxy) is 1. The summed E-state index contributed by atoms with van der Waals surface area (Å²) in [5, 5.41) is 29.3. The van der Waals surface area contributed by atoms with Crippen LogP contribution >= 0.6 is 0 Å². The van der Waals surface area contributed by atoms with Gasteiger partial charge in [-0.05, 0) is 18.6 Å². The van der Waals surface area contributed by atoms with Crippen LogP contribution in [0.25, 0.3) is 0 Å². The second-order valence-corrected chi connectivity index (χ2v) is 4.18. The fourth-order valence-electron chi connectivity index (χ4n) is 1.59. The molecule has 0 fully saturated rings. The highest BCUT2D eigenvalue weighted by Crippen LogP contribution is 2.23. The molecule has 0 aliphatic rings.